The number of halogens is 1. The highest BCUT2D eigenvalue weighted by Crippen LogP contribution is 2.33. The molecule has 0 fully saturated rings. The molecular weight excluding hydrogens is 540 g/mol. The van der Waals surface area contributed by atoms with Gasteiger partial charge in [-0.3, -0.25) is 9.52 Å². The maximum absolute atomic E-state index is 12.5. The molecule has 34 heavy (non-hydrogen) atoms. The molecule has 0 heterocycles. The van der Waals surface area contributed by atoms with Crippen molar-refractivity contribution in [3.8, 4) is 11.5 Å². The van der Waals surface area contributed by atoms with E-state index in [2.05, 4.69) is 46.7 Å². The second kappa shape index (κ2) is 12.6. The molecule has 0 radical (unpaired) electrons. The van der Waals surface area contributed by atoms with Gasteiger partial charge in [-0.25, -0.2) is 8.42 Å². The molecule has 0 bridgehead atoms. The Morgan fingerprint density at radius 1 is 1.09 bits per heavy atom. The zero-order chi connectivity index (χ0) is 25.4. The third kappa shape index (κ3) is 8.61. The summed E-state index contributed by atoms with van der Waals surface area (Å²) in [7, 11) is -5.66. The van der Waals surface area contributed by atoms with Gasteiger partial charge in [0, 0.05) is 11.0 Å². The van der Waals surface area contributed by atoms with Gasteiger partial charge in [0.25, 0.3) is 5.91 Å². The average molecular weight is 574 g/mol. The second-order valence-electron chi connectivity index (χ2n) is 8.05. The maximum Gasteiger partial charge on any atom is 0.258 e. The van der Waals surface area contributed by atoms with Crippen molar-refractivity contribution in [3.05, 3.63) is 52.5 Å². The lowest BCUT2D eigenvalue weighted by molar-refractivity contribution is -0.123. The molecule has 0 aliphatic rings. The third-order valence-corrected chi connectivity index (χ3v) is 11.5. The van der Waals surface area contributed by atoms with Crippen molar-refractivity contribution in [2.75, 3.05) is 24.1 Å². The molecule has 2 rings (SSSR count). The number of hydrogen-bond donors (Lipinski definition) is 3. The number of phenols is 1. The van der Waals surface area contributed by atoms with Crippen molar-refractivity contribution < 1.29 is 27.5 Å². The van der Waals surface area contributed by atoms with Crippen LogP contribution >= 0.6 is 15.9 Å². The Balaban J connectivity index is 2.20. The van der Waals surface area contributed by atoms with E-state index in [1.165, 1.54) is 6.07 Å². The zero-order valence-corrected chi connectivity index (χ0v) is 23.3. The van der Waals surface area contributed by atoms with Crippen LogP contribution < -0.4 is 14.8 Å². The molecule has 0 aliphatic carbocycles. The van der Waals surface area contributed by atoms with Gasteiger partial charge in [-0.1, -0.05) is 42.8 Å². The predicted octanol–water partition coefficient (Wildman–Crippen LogP) is 4.78. The minimum Gasteiger partial charge on any atom is -0.506 e. The first-order valence-electron chi connectivity index (χ1n) is 11.1. The van der Waals surface area contributed by atoms with Gasteiger partial charge in [-0.05, 0) is 60.1 Å². The molecule has 0 unspecified atom stereocenters. The highest BCUT2D eigenvalue weighted by Gasteiger charge is 2.33. The van der Waals surface area contributed by atoms with Crippen molar-refractivity contribution >= 4 is 45.9 Å². The van der Waals surface area contributed by atoms with Crippen LogP contribution in [0, 0.1) is 0 Å². The normalized spacial score (nSPS) is 12.7. The highest BCUT2D eigenvalue weighted by atomic mass is 79.9. The van der Waals surface area contributed by atoms with Crippen LogP contribution in [0.2, 0.25) is 18.1 Å². The number of amides is 1. The average Bonchev–Trinajstić information content (AvgIpc) is 2.80. The Hall–Kier alpha value is -2.08. The van der Waals surface area contributed by atoms with Gasteiger partial charge in [0.2, 0.25) is 10.0 Å². The van der Waals surface area contributed by atoms with Gasteiger partial charge >= 0.3 is 0 Å². The Kier molecular flexibility index (Phi) is 10.4. The monoisotopic (exact) mass is 572 g/mol. The molecule has 0 spiro atoms. The number of carbonyl (C=O) groups is 1. The van der Waals surface area contributed by atoms with Crippen LogP contribution in [0.5, 0.6) is 11.5 Å². The molecule has 0 saturated heterocycles. The first-order chi connectivity index (χ1) is 16.0. The molecule has 0 aliphatic heterocycles. The molecule has 8 nitrogen and oxygen atoms in total. The molecule has 0 aromatic heterocycles. The molecule has 2 aromatic carbocycles. The van der Waals surface area contributed by atoms with Gasteiger partial charge < -0.3 is 19.6 Å². The fourth-order valence-corrected chi connectivity index (χ4v) is 7.15. The lowest BCUT2D eigenvalue weighted by Gasteiger charge is -2.34. The number of sulfonamides is 1. The molecule has 3 N–H and O–H groups in total. The van der Waals surface area contributed by atoms with Crippen molar-refractivity contribution in [1.82, 2.24) is 5.32 Å². The van der Waals surface area contributed by atoms with Crippen LogP contribution in [0.3, 0.4) is 0 Å². The molecule has 0 saturated carbocycles. The fourth-order valence-electron chi connectivity index (χ4n) is 3.50. The smallest absolute Gasteiger partial charge is 0.258 e. The van der Waals surface area contributed by atoms with Crippen LogP contribution in [0.4, 0.5) is 5.69 Å². The van der Waals surface area contributed by atoms with E-state index in [1.807, 2.05) is 12.1 Å². The minimum absolute atomic E-state index is 0.0651. The van der Waals surface area contributed by atoms with E-state index in [0.717, 1.165) is 28.9 Å². The quantitative estimate of drug-likeness (QED) is 0.235. The van der Waals surface area contributed by atoms with Gasteiger partial charge in [0.05, 0.1) is 18.0 Å². The van der Waals surface area contributed by atoms with E-state index >= 15 is 0 Å². The summed E-state index contributed by atoms with van der Waals surface area (Å²) in [5.74, 6) is 0.0851. The van der Waals surface area contributed by atoms with Crippen molar-refractivity contribution in [3.63, 3.8) is 0 Å². The summed E-state index contributed by atoms with van der Waals surface area (Å²) in [6.45, 7) is 6.35. The SMILES string of the molecule is CC[Si](CC)(CC)O[C@@H](CNC(=O)COc1ccc(Br)cc1)c1ccc(O)c(NS(C)(=O)=O)c1. The topological polar surface area (TPSA) is 114 Å². The Morgan fingerprint density at radius 2 is 1.71 bits per heavy atom. The summed E-state index contributed by atoms with van der Waals surface area (Å²) in [6, 6.07) is 14.5. The zero-order valence-electron chi connectivity index (χ0n) is 19.9. The van der Waals surface area contributed by atoms with Gasteiger partial charge in [-0.2, -0.15) is 0 Å². The number of nitrogens with one attached hydrogen (secondary N) is 2. The fraction of sp³-hybridized carbons (Fsp3) is 0.435. The summed E-state index contributed by atoms with van der Waals surface area (Å²) in [6.07, 6.45) is 0.505. The number of ether oxygens (including phenoxy) is 1. The van der Waals surface area contributed by atoms with Crippen LogP contribution in [-0.2, 0) is 19.2 Å². The third-order valence-electron chi connectivity index (χ3n) is 5.68. The number of anilines is 1. The molecule has 1 amide bonds. The standard InChI is InChI=1S/C23H33BrN2O6SSi/c1-5-34(6-2,7-3)32-22(17-8-13-21(27)20(14-17)26-33(4,29)30)15-25-23(28)16-31-19-11-9-18(24)10-12-19/h8-14,22,26-27H,5-7,15-16H2,1-4H3,(H,25,28)/t22-/m0/s1. The molecule has 11 heteroatoms. The molecule has 1 atom stereocenters. The van der Waals surface area contributed by atoms with Gasteiger partial charge in [0.1, 0.15) is 11.5 Å². The van der Waals surface area contributed by atoms with E-state index in [4.69, 9.17) is 9.16 Å². The molecular formula is C23H33BrN2O6SSi. The Labute approximate surface area is 211 Å². The largest absolute Gasteiger partial charge is 0.506 e. The van der Waals surface area contributed by atoms with Crippen LogP contribution in [-0.4, -0.2) is 47.2 Å². The first-order valence-corrected chi connectivity index (χ1v) is 16.4. The predicted molar refractivity (Wildman–Crippen MR) is 140 cm³/mol. The number of rotatable bonds is 13. The Bertz CT molecular complexity index is 1050. The molecule has 2 aromatic rings. The van der Waals surface area contributed by atoms with Gasteiger partial charge in [-0.15, -0.1) is 0 Å². The van der Waals surface area contributed by atoms with E-state index in [1.54, 1.807) is 24.3 Å². The van der Waals surface area contributed by atoms with Crippen LogP contribution in [0.25, 0.3) is 0 Å². The lowest BCUT2D eigenvalue weighted by Crippen LogP contribution is -2.41. The summed E-state index contributed by atoms with van der Waals surface area (Å²) in [5.41, 5.74) is 0.723. The summed E-state index contributed by atoms with van der Waals surface area (Å²) < 4.78 is 38.8. The number of phenolic OH excluding ortho intramolecular Hbond substituents is 1. The summed E-state index contributed by atoms with van der Waals surface area (Å²) in [5, 5.41) is 13.0. The van der Waals surface area contributed by atoms with Crippen molar-refractivity contribution in [2.45, 2.75) is 45.0 Å². The first kappa shape index (κ1) is 28.2. The Morgan fingerprint density at radius 3 is 2.26 bits per heavy atom. The van der Waals surface area contributed by atoms with Crippen molar-refractivity contribution in [2.24, 2.45) is 0 Å². The highest BCUT2D eigenvalue weighted by molar-refractivity contribution is 9.10. The number of carbonyl (C=O) groups excluding carboxylic acids is 1. The number of benzene rings is 2. The van der Waals surface area contributed by atoms with Crippen molar-refractivity contribution in [1.29, 1.82) is 0 Å². The molecule has 188 valence electrons. The van der Waals surface area contributed by atoms with Gasteiger partial charge in [0.15, 0.2) is 14.9 Å². The lowest BCUT2D eigenvalue weighted by atomic mass is 10.1. The van der Waals surface area contributed by atoms with E-state index in [-0.39, 0.29) is 30.5 Å². The second-order valence-corrected chi connectivity index (χ2v) is 15.4. The van der Waals surface area contributed by atoms with E-state index < -0.39 is 24.4 Å². The number of hydrogen-bond acceptors (Lipinski definition) is 6. The number of aromatic hydroxyl groups is 1. The summed E-state index contributed by atoms with van der Waals surface area (Å²) >= 11 is 3.36. The minimum atomic E-state index is -3.58. The van der Waals surface area contributed by atoms with Crippen LogP contribution in [0.1, 0.15) is 32.4 Å². The van der Waals surface area contributed by atoms with E-state index in [0.29, 0.717) is 11.3 Å². The maximum atomic E-state index is 12.5. The summed E-state index contributed by atoms with van der Waals surface area (Å²) in [4.78, 5) is 12.5. The van der Waals surface area contributed by atoms with Crippen LogP contribution in [0.15, 0.2) is 46.9 Å². The van der Waals surface area contributed by atoms with E-state index in [9.17, 15) is 18.3 Å².